The normalized spacial score (nSPS) is 10.0. The summed E-state index contributed by atoms with van der Waals surface area (Å²) in [4.78, 5) is 10.8. The van der Waals surface area contributed by atoms with Crippen molar-refractivity contribution in [2.24, 2.45) is 0 Å². The lowest BCUT2D eigenvalue weighted by atomic mass is 10.1. The van der Waals surface area contributed by atoms with Crippen LogP contribution in [0, 0.1) is 17.7 Å². The molecule has 0 aromatic heterocycles. The number of rotatable bonds is 5. The Bertz CT molecular complexity index is 454. The standard InChI is InChI=1S/C14H15FO3/c1-3-17-14(18-4-2)8-6-11-5-7-13(15)9-12(11)10-16/h5,7,9-10,14H,3-4H2,1-2H3. The number of carbonyl (C=O) groups is 1. The maximum Gasteiger partial charge on any atom is 0.222 e. The van der Waals surface area contributed by atoms with Gasteiger partial charge in [-0.1, -0.05) is 5.92 Å². The van der Waals surface area contributed by atoms with Crippen LogP contribution in [-0.4, -0.2) is 25.8 Å². The molecule has 0 saturated carbocycles. The molecule has 0 fully saturated rings. The molecule has 0 N–H and O–H groups in total. The predicted octanol–water partition coefficient (Wildman–Crippen LogP) is 2.39. The van der Waals surface area contributed by atoms with Crippen LogP contribution in [0.2, 0.25) is 0 Å². The molecular formula is C14H15FO3. The minimum atomic E-state index is -0.635. The molecule has 1 rings (SSSR count). The molecule has 0 aliphatic rings. The highest BCUT2D eigenvalue weighted by molar-refractivity contribution is 5.79. The Morgan fingerprint density at radius 1 is 1.33 bits per heavy atom. The van der Waals surface area contributed by atoms with Gasteiger partial charge in [-0.3, -0.25) is 4.79 Å². The third-order valence-corrected chi connectivity index (χ3v) is 2.10. The second-order valence-electron chi connectivity index (χ2n) is 3.36. The average molecular weight is 250 g/mol. The molecule has 1 aromatic carbocycles. The van der Waals surface area contributed by atoms with Crippen LogP contribution >= 0.6 is 0 Å². The molecule has 18 heavy (non-hydrogen) atoms. The van der Waals surface area contributed by atoms with Crippen LogP contribution in [0.15, 0.2) is 18.2 Å². The van der Waals surface area contributed by atoms with E-state index in [1.807, 2.05) is 13.8 Å². The summed E-state index contributed by atoms with van der Waals surface area (Å²) in [5, 5.41) is 0. The van der Waals surface area contributed by atoms with Gasteiger partial charge in [-0.25, -0.2) is 4.39 Å². The molecule has 0 aliphatic carbocycles. The second-order valence-corrected chi connectivity index (χ2v) is 3.36. The van der Waals surface area contributed by atoms with E-state index in [4.69, 9.17) is 9.47 Å². The van der Waals surface area contributed by atoms with Crippen molar-refractivity contribution in [2.75, 3.05) is 13.2 Å². The molecule has 3 nitrogen and oxygen atoms in total. The van der Waals surface area contributed by atoms with Crippen molar-refractivity contribution in [3.05, 3.63) is 35.1 Å². The van der Waals surface area contributed by atoms with Crippen LogP contribution in [-0.2, 0) is 9.47 Å². The quantitative estimate of drug-likeness (QED) is 0.457. The Hall–Kier alpha value is -1.70. The SMILES string of the molecule is CCOC(C#Cc1ccc(F)cc1C=O)OCC. The fourth-order valence-electron chi connectivity index (χ4n) is 1.32. The van der Waals surface area contributed by atoms with Crippen molar-refractivity contribution >= 4 is 6.29 Å². The number of hydrogen-bond donors (Lipinski definition) is 0. The van der Waals surface area contributed by atoms with E-state index < -0.39 is 12.1 Å². The summed E-state index contributed by atoms with van der Waals surface area (Å²) < 4.78 is 23.4. The summed E-state index contributed by atoms with van der Waals surface area (Å²) in [7, 11) is 0. The summed E-state index contributed by atoms with van der Waals surface area (Å²) in [6, 6.07) is 3.86. The van der Waals surface area contributed by atoms with Gasteiger partial charge in [-0.05, 0) is 38.0 Å². The maximum atomic E-state index is 12.9. The Morgan fingerprint density at radius 3 is 2.56 bits per heavy atom. The lowest BCUT2D eigenvalue weighted by Gasteiger charge is -2.09. The highest BCUT2D eigenvalue weighted by Crippen LogP contribution is 2.08. The van der Waals surface area contributed by atoms with Crippen LogP contribution in [0.4, 0.5) is 4.39 Å². The van der Waals surface area contributed by atoms with E-state index >= 15 is 0 Å². The first-order chi connectivity index (χ1) is 8.71. The highest BCUT2D eigenvalue weighted by Gasteiger charge is 2.04. The van der Waals surface area contributed by atoms with Crippen LogP contribution in [0.3, 0.4) is 0 Å². The van der Waals surface area contributed by atoms with Gasteiger partial charge in [-0.15, -0.1) is 0 Å². The van der Waals surface area contributed by atoms with Crippen LogP contribution in [0.25, 0.3) is 0 Å². The van der Waals surface area contributed by atoms with Crippen LogP contribution in [0.5, 0.6) is 0 Å². The molecule has 4 heteroatoms. The fraction of sp³-hybridized carbons (Fsp3) is 0.357. The minimum Gasteiger partial charge on any atom is -0.342 e. The molecule has 0 atom stereocenters. The van der Waals surface area contributed by atoms with Gasteiger partial charge in [0.1, 0.15) is 5.82 Å². The number of hydrogen-bond acceptors (Lipinski definition) is 3. The van der Waals surface area contributed by atoms with Gasteiger partial charge in [0.25, 0.3) is 0 Å². The van der Waals surface area contributed by atoms with Gasteiger partial charge in [-0.2, -0.15) is 0 Å². The first-order valence-electron chi connectivity index (χ1n) is 5.70. The van der Waals surface area contributed by atoms with Gasteiger partial charge in [0.15, 0.2) is 6.29 Å². The summed E-state index contributed by atoms with van der Waals surface area (Å²) in [5.41, 5.74) is 0.671. The van der Waals surface area contributed by atoms with E-state index in [2.05, 4.69) is 11.8 Å². The predicted molar refractivity (Wildman–Crippen MR) is 65.7 cm³/mol. The largest absolute Gasteiger partial charge is 0.342 e. The van der Waals surface area contributed by atoms with Gasteiger partial charge in [0.05, 0.1) is 0 Å². The number of ether oxygens (including phenoxy) is 2. The molecule has 0 amide bonds. The van der Waals surface area contributed by atoms with Gasteiger partial charge in [0.2, 0.25) is 6.29 Å². The fourth-order valence-corrected chi connectivity index (χ4v) is 1.32. The van der Waals surface area contributed by atoms with Crippen molar-refractivity contribution in [1.29, 1.82) is 0 Å². The van der Waals surface area contributed by atoms with E-state index in [1.54, 1.807) is 0 Å². The van der Waals surface area contributed by atoms with E-state index in [0.29, 0.717) is 25.1 Å². The lowest BCUT2D eigenvalue weighted by Crippen LogP contribution is -2.14. The second kappa shape index (κ2) is 7.59. The van der Waals surface area contributed by atoms with E-state index in [-0.39, 0.29) is 5.56 Å². The topological polar surface area (TPSA) is 35.5 Å². The molecule has 0 unspecified atom stereocenters. The molecule has 0 spiro atoms. The Kier molecular flexibility index (Phi) is 6.06. The molecule has 0 radical (unpaired) electrons. The zero-order valence-electron chi connectivity index (χ0n) is 10.4. The Morgan fingerprint density at radius 2 is 2.00 bits per heavy atom. The molecule has 0 heterocycles. The molecule has 1 aromatic rings. The Labute approximate surface area is 106 Å². The Balaban J connectivity index is 2.91. The smallest absolute Gasteiger partial charge is 0.222 e. The molecule has 0 bridgehead atoms. The number of aldehydes is 1. The lowest BCUT2D eigenvalue weighted by molar-refractivity contribution is -0.0969. The summed E-state index contributed by atoms with van der Waals surface area (Å²) in [6.45, 7) is 4.62. The van der Waals surface area contributed by atoms with Gasteiger partial charge < -0.3 is 9.47 Å². The van der Waals surface area contributed by atoms with Crippen LogP contribution in [0.1, 0.15) is 29.8 Å². The maximum absolute atomic E-state index is 12.9. The van der Waals surface area contributed by atoms with Crippen molar-refractivity contribution in [3.8, 4) is 11.8 Å². The zero-order chi connectivity index (χ0) is 13.4. The summed E-state index contributed by atoms with van der Waals surface area (Å²) in [6.07, 6.45) is -0.0618. The first-order valence-corrected chi connectivity index (χ1v) is 5.70. The summed E-state index contributed by atoms with van der Waals surface area (Å²) in [5.74, 6) is 5.06. The number of halogens is 1. The molecule has 96 valence electrons. The van der Waals surface area contributed by atoms with E-state index in [0.717, 1.165) is 6.07 Å². The van der Waals surface area contributed by atoms with E-state index in [1.165, 1.54) is 12.1 Å². The van der Waals surface area contributed by atoms with Crippen molar-refractivity contribution in [3.63, 3.8) is 0 Å². The number of carbonyl (C=O) groups excluding carboxylic acids is 1. The van der Waals surface area contributed by atoms with Crippen molar-refractivity contribution in [1.82, 2.24) is 0 Å². The molecular weight excluding hydrogens is 235 g/mol. The minimum absolute atomic E-state index is 0.217. The monoisotopic (exact) mass is 250 g/mol. The highest BCUT2D eigenvalue weighted by atomic mass is 19.1. The molecule has 0 aliphatic heterocycles. The van der Waals surface area contributed by atoms with Crippen molar-refractivity contribution < 1.29 is 18.7 Å². The van der Waals surface area contributed by atoms with Gasteiger partial charge in [0, 0.05) is 24.3 Å². The average Bonchev–Trinajstić information content (AvgIpc) is 2.37. The molecule has 0 saturated heterocycles. The number of benzene rings is 1. The third-order valence-electron chi connectivity index (χ3n) is 2.10. The zero-order valence-corrected chi connectivity index (χ0v) is 10.4. The van der Waals surface area contributed by atoms with Crippen molar-refractivity contribution in [2.45, 2.75) is 20.1 Å². The summed E-state index contributed by atoms with van der Waals surface area (Å²) >= 11 is 0. The first kappa shape index (κ1) is 14.4. The van der Waals surface area contributed by atoms with Crippen LogP contribution < -0.4 is 0 Å². The van der Waals surface area contributed by atoms with E-state index in [9.17, 15) is 9.18 Å². The van der Waals surface area contributed by atoms with Gasteiger partial charge >= 0.3 is 0 Å². The third kappa shape index (κ3) is 4.28.